The van der Waals surface area contributed by atoms with Gasteiger partial charge in [-0.1, -0.05) is 6.07 Å². The van der Waals surface area contributed by atoms with Crippen LogP contribution >= 0.6 is 12.4 Å². The van der Waals surface area contributed by atoms with Gasteiger partial charge in [0, 0.05) is 0 Å². The highest BCUT2D eigenvalue weighted by atomic mass is 35.5. The van der Waals surface area contributed by atoms with Crippen LogP contribution in [0.3, 0.4) is 0 Å². The number of rotatable bonds is 0. The van der Waals surface area contributed by atoms with Gasteiger partial charge in [-0.2, -0.15) is 0 Å². The zero-order chi connectivity index (χ0) is 8.67. The summed E-state index contributed by atoms with van der Waals surface area (Å²) in [5, 5.41) is 0. The van der Waals surface area contributed by atoms with Gasteiger partial charge in [0.05, 0.1) is 6.61 Å². The average molecular weight is 215 g/mol. The summed E-state index contributed by atoms with van der Waals surface area (Å²) in [6.45, 7) is 1.10. The van der Waals surface area contributed by atoms with E-state index in [1.165, 1.54) is 5.56 Å². The standard InChI is InChI=1S/C10H10O3.ClH/c1-2-7-3-4-8-10(13-6-12-8)9(7)11-5-1;/h3-4H,1-2,5-6H2;1H. The highest BCUT2D eigenvalue weighted by molar-refractivity contribution is 5.85. The summed E-state index contributed by atoms with van der Waals surface area (Å²) < 4.78 is 16.2. The van der Waals surface area contributed by atoms with Gasteiger partial charge in [0.25, 0.3) is 0 Å². The zero-order valence-corrected chi connectivity index (χ0v) is 8.43. The van der Waals surface area contributed by atoms with E-state index in [-0.39, 0.29) is 12.4 Å². The molecule has 3 rings (SSSR count). The molecule has 2 heterocycles. The lowest BCUT2D eigenvalue weighted by Gasteiger charge is -2.17. The summed E-state index contributed by atoms with van der Waals surface area (Å²) in [6.07, 6.45) is 2.17. The zero-order valence-electron chi connectivity index (χ0n) is 7.62. The monoisotopic (exact) mass is 214 g/mol. The molecule has 0 aromatic heterocycles. The van der Waals surface area contributed by atoms with E-state index in [0.29, 0.717) is 6.79 Å². The molecule has 0 saturated heterocycles. The molecule has 4 heteroatoms. The van der Waals surface area contributed by atoms with Gasteiger partial charge in [0.2, 0.25) is 12.5 Å². The molecule has 0 bridgehead atoms. The van der Waals surface area contributed by atoms with E-state index < -0.39 is 0 Å². The molecule has 0 aliphatic carbocycles. The van der Waals surface area contributed by atoms with Crippen molar-refractivity contribution in [3.05, 3.63) is 17.7 Å². The molecule has 0 fully saturated rings. The lowest BCUT2D eigenvalue weighted by molar-refractivity contribution is 0.168. The van der Waals surface area contributed by atoms with E-state index in [4.69, 9.17) is 14.2 Å². The number of aryl methyl sites for hydroxylation is 1. The van der Waals surface area contributed by atoms with Crippen molar-refractivity contribution in [3.63, 3.8) is 0 Å². The maximum Gasteiger partial charge on any atom is 0.231 e. The van der Waals surface area contributed by atoms with Crippen molar-refractivity contribution < 1.29 is 14.2 Å². The van der Waals surface area contributed by atoms with Crippen molar-refractivity contribution >= 4 is 12.4 Å². The number of hydrogen-bond donors (Lipinski definition) is 0. The fourth-order valence-corrected chi connectivity index (χ4v) is 1.78. The van der Waals surface area contributed by atoms with E-state index in [1.54, 1.807) is 0 Å². The van der Waals surface area contributed by atoms with Gasteiger partial charge in [0.1, 0.15) is 0 Å². The molecule has 2 aliphatic rings. The molecule has 0 amide bonds. The molecule has 76 valence electrons. The summed E-state index contributed by atoms with van der Waals surface area (Å²) in [4.78, 5) is 0. The first-order valence-corrected chi connectivity index (χ1v) is 4.49. The van der Waals surface area contributed by atoms with Gasteiger partial charge in [-0.15, -0.1) is 12.4 Å². The Morgan fingerprint density at radius 2 is 1.93 bits per heavy atom. The van der Waals surface area contributed by atoms with Crippen LogP contribution in [0.25, 0.3) is 0 Å². The molecule has 0 spiro atoms. The van der Waals surface area contributed by atoms with Crippen LogP contribution < -0.4 is 14.2 Å². The Kier molecular flexibility index (Phi) is 2.42. The fraction of sp³-hybridized carbons (Fsp3) is 0.400. The maximum absolute atomic E-state index is 5.56. The molecule has 0 N–H and O–H groups in total. The van der Waals surface area contributed by atoms with Crippen molar-refractivity contribution in [2.45, 2.75) is 12.8 Å². The molecular formula is C10H11ClO3. The molecular weight excluding hydrogens is 204 g/mol. The number of halogens is 1. The minimum absolute atomic E-state index is 0. The second-order valence-electron chi connectivity index (χ2n) is 3.24. The van der Waals surface area contributed by atoms with Crippen LogP contribution in [0.15, 0.2) is 12.1 Å². The van der Waals surface area contributed by atoms with E-state index in [2.05, 4.69) is 6.07 Å². The fourth-order valence-electron chi connectivity index (χ4n) is 1.78. The lowest BCUT2D eigenvalue weighted by atomic mass is 10.1. The Hall–Kier alpha value is -1.09. The minimum atomic E-state index is 0. The molecule has 0 unspecified atom stereocenters. The summed E-state index contributed by atoms with van der Waals surface area (Å²) >= 11 is 0. The van der Waals surface area contributed by atoms with Crippen LogP contribution in [-0.4, -0.2) is 13.4 Å². The topological polar surface area (TPSA) is 27.7 Å². The summed E-state index contributed by atoms with van der Waals surface area (Å²) in [6, 6.07) is 4.01. The molecule has 2 aliphatic heterocycles. The third-order valence-electron chi connectivity index (χ3n) is 2.41. The van der Waals surface area contributed by atoms with Crippen molar-refractivity contribution in [1.29, 1.82) is 0 Å². The predicted octanol–water partition coefficient (Wildman–Crippen LogP) is 2.16. The minimum Gasteiger partial charge on any atom is -0.489 e. The smallest absolute Gasteiger partial charge is 0.231 e. The first-order chi connectivity index (χ1) is 6.45. The van der Waals surface area contributed by atoms with Gasteiger partial charge in [-0.25, -0.2) is 0 Å². The number of ether oxygens (including phenoxy) is 3. The van der Waals surface area contributed by atoms with Crippen LogP contribution in [0, 0.1) is 0 Å². The van der Waals surface area contributed by atoms with Gasteiger partial charge >= 0.3 is 0 Å². The van der Waals surface area contributed by atoms with Crippen LogP contribution in [0.1, 0.15) is 12.0 Å². The number of hydrogen-bond acceptors (Lipinski definition) is 3. The third kappa shape index (κ3) is 1.28. The summed E-state index contributed by atoms with van der Waals surface area (Å²) in [5.41, 5.74) is 1.23. The largest absolute Gasteiger partial charge is 0.489 e. The molecule has 14 heavy (non-hydrogen) atoms. The normalized spacial score (nSPS) is 16.6. The van der Waals surface area contributed by atoms with E-state index in [0.717, 1.165) is 36.7 Å². The van der Waals surface area contributed by atoms with Crippen molar-refractivity contribution in [2.24, 2.45) is 0 Å². The van der Waals surface area contributed by atoms with E-state index >= 15 is 0 Å². The van der Waals surface area contributed by atoms with E-state index in [9.17, 15) is 0 Å². The molecule has 1 aromatic carbocycles. The Morgan fingerprint density at radius 1 is 1.00 bits per heavy atom. The molecule has 1 aromatic rings. The Bertz CT molecular complexity index is 351. The van der Waals surface area contributed by atoms with Crippen LogP contribution in [0.2, 0.25) is 0 Å². The second-order valence-corrected chi connectivity index (χ2v) is 3.24. The van der Waals surface area contributed by atoms with Crippen LogP contribution in [-0.2, 0) is 6.42 Å². The second kappa shape index (κ2) is 3.58. The Morgan fingerprint density at radius 3 is 2.86 bits per heavy atom. The maximum atomic E-state index is 5.56. The highest BCUT2D eigenvalue weighted by Crippen LogP contribution is 2.44. The number of benzene rings is 1. The van der Waals surface area contributed by atoms with Crippen molar-refractivity contribution in [1.82, 2.24) is 0 Å². The van der Waals surface area contributed by atoms with Gasteiger partial charge in [0.15, 0.2) is 11.5 Å². The van der Waals surface area contributed by atoms with Crippen molar-refractivity contribution in [3.8, 4) is 17.2 Å². The van der Waals surface area contributed by atoms with Crippen LogP contribution in [0.4, 0.5) is 0 Å². The van der Waals surface area contributed by atoms with Gasteiger partial charge in [-0.05, 0) is 24.5 Å². The Balaban J connectivity index is 0.000000750. The number of fused-ring (bicyclic) bond motifs is 3. The summed E-state index contributed by atoms with van der Waals surface area (Å²) in [7, 11) is 0. The van der Waals surface area contributed by atoms with Gasteiger partial charge in [-0.3, -0.25) is 0 Å². The Labute approximate surface area is 88.4 Å². The highest BCUT2D eigenvalue weighted by Gasteiger charge is 2.23. The average Bonchev–Trinajstić information content (AvgIpc) is 2.65. The van der Waals surface area contributed by atoms with Crippen molar-refractivity contribution in [2.75, 3.05) is 13.4 Å². The van der Waals surface area contributed by atoms with E-state index in [1.807, 2.05) is 6.07 Å². The lowest BCUT2D eigenvalue weighted by Crippen LogP contribution is -2.08. The quantitative estimate of drug-likeness (QED) is 0.663. The predicted molar refractivity (Wildman–Crippen MR) is 53.6 cm³/mol. The first-order valence-electron chi connectivity index (χ1n) is 4.49. The molecule has 0 saturated carbocycles. The molecule has 0 radical (unpaired) electrons. The van der Waals surface area contributed by atoms with Gasteiger partial charge < -0.3 is 14.2 Å². The summed E-state index contributed by atoms with van der Waals surface area (Å²) in [5.74, 6) is 2.49. The molecule has 3 nitrogen and oxygen atoms in total. The first kappa shape index (κ1) is 9.46. The third-order valence-corrected chi connectivity index (χ3v) is 2.41. The molecule has 0 atom stereocenters. The van der Waals surface area contributed by atoms with Crippen LogP contribution in [0.5, 0.6) is 17.2 Å². The SMILES string of the molecule is Cl.c1cc2c(c3c1CCCO3)OCO2.